The molecule has 4 rings (SSSR count). The van der Waals surface area contributed by atoms with Crippen LogP contribution in [0.5, 0.6) is 5.75 Å². The van der Waals surface area contributed by atoms with Gasteiger partial charge in [-0.1, -0.05) is 0 Å². The van der Waals surface area contributed by atoms with E-state index in [0.29, 0.717) is 26.3 Å². The van der Waals surface area contributed by atoms with E-state index in [1.165, 1.54) is 46.8 Å². The third-order valence-electron chi connectivity index (χ3n) is 3.99. The highest BCUT2D eigenvalue weighted by Gasteiger charge is 2.19. The summed E-state index contributed by atoms with van der Waals surface area (Å²) in [6, 6.07) is 6.33. The number of phenolic OH excluding ortho intramolecular Hbond substituents is 1. The highest BCUT2D eigenvalue weighted by Crippen LogP contribution is 2.35. The maximum absolute atomic E-state index is 12.9. The Morgan fingerprint density at radius 3 is 2.64 bits per heavy atom. The van der Waals surface area contributed by atoms with Crippen LogP contribution < -0.4 is 15.2 Å². The molecule has 0 aliphatic carbocycles. The highest BCUT2D eigenvalue weighted by atomic mass is 32.1. The number of nitrogens with zero attached hydrogens (tertiary/aromatic N) is 4. The molecule has 0 bridgehead atoms. The molecule has 25 heavy (non-hydrogen) atoms. The highest BCUT2D eigenvalue weighted by molar-refractivity contribution is 7.25. The molecule has 4 aromatic rings. The molecule has 0 aliphatic rings. The topological polar surface area (TPSA) is 85.3 Å². The molecule has 3 heterocycles. The Hall–Kier alpha value is -3.13. The van der Waals surface area contributed by atoms with Gasteiger partial charge in [0.2, 0.25) is 6.20 Å². The van der Waals surface area contributed by atoms with E-state index in [1.54, 1.807) is 12.1 Å². The molecule has 0 saturated heterocycles. The van der Waals surface area contributed by atoms with Crippen molar-refractivity contribution in [3.63, 3.8) is 0 Å². The van der Waals surface area contributed by atoms with Gasteiger partial charge in [-0.2, -0.15) is 4.73 Å². The summed E-state index contributed by atoms with van der Waals surface area (Å²) < 4.78 is 3.37. The van der Waals surface area contributed by atoms with Crippen molar-refractivity contribution in [2.75, 3.05) is 19.0 Å². The third kappa shape index (κ3) is 2.38. The van der Waals surface area contributed by atoms with Crippen molar-refractivity contribution < 1.29 is 9.84 Å². The zero-order chi connectivity index (χ0) is 17.7. The molecular weight excluding hydrogens is 340 g/mol. The number of anilines is 1. The molecule has 0 fully saturated rings. The molecular formula is C17H14N4O3S. The van der Waals surface area contributed by atoms with E-state index in [9.17, 15) is 15.1 Å². The average Bonchev–Trinajstić information content (AvgIpc) is 2.94. The van der Waals surface area contributed by atoms with Crippen LogP contribution in [0.15, 0.2) is 47.8 Å². The molecule has 1 N–H and O–H groups in total. The predicted molar refractivity (Wildman–Crippen MR) is 97.7 cm³/mol. The minimum absolute atomic E-state index is 0.128. The van der Waals surface area contributed by atoms with Gasteiger partial charge in [0.25, 0.3) is 5.56 Å². The molecule has 0 saturated carbocycles. The Morgan fingerprint density at radius 1 is 1.24 bits per heavy atom. The molecule has 3 aromatic heterocycles. The SMILES string of the molecule is CN(C)c1c[n+]([O-])cc2sc3c(=O)n(-c4ccc(O)cc4)cnc3c12. The van der Waals surface area contributed by atoms with Crippen LogP contribution in [0, 0.1) is 5.21 Å². The number of pyridine rings is 1. The second-order valence-electron chi connectivity index (χ2n) is 5.85. The zero-order valence-corrected chi connectivity index (χ0v) is 14.3. The van der Waals surface area contributed by atoms with Gasteiger partial charge in [-0.25, -0.2) is 4.98 Å². The Bertz CT molecular complexity index is 1160. The molecule has 126 valence electrons. The molecule has 0 radical (unpaired) electrons. The smallest absolute Gasteiger partial charge is 0.275 e. The van der Waals surface area contributed by atoms with Crippen LogP contribution in [0.2, 0.25) is 0 Å². The molecule has 0 amide bonds. The minimum atomic E-state index is -0.209. The second-order valence-corrected chi connectivity index (χ2v) is 6.91. The lowest BCUT2D eigenvalue weighted by atomic mass is 10.2. The number of benzene rings is 1. The second kappa shape index (κ2) is 5.45. The van der Waals surface area contributed by atoms with Gasteiger partial charge >= 0.3 is 0 Å². The van der Waals surface area contributed by atoms with Crippen molar-refractivity contribution in [1.82, 2.24) is 9.55 Å². The molecule has 0 aliphatic heterocycles. The molecule has 0 unspecified atom stereocenters. The number of hydrogen-bond donors (Lipinski definition) is 1. The Morgan fingerprint density at radius 2 is 1.96 bits per heavy atom. The lowest BCUT2D eigenvalue weighted by molar-refractivity contribution is -0.603. The summed E-state index contributed by atoms with van der Waals surface area (Å²) in [6.45, 7) is 0. The fourth-order valence-electron chi connectivity index (χ4n) is 2.80. The monoisotopic (exact) mass is 354 g/mol. The summed E-state index contributed by atoms with van der Waals surface area (Å²) in [6.07, 6.45) is 4.40. The summed E-state index contributed by atoms with van der Waals surface area (Å²) >= 11 is 1.25. The van der Waals surface area contributed by atoms with Crippen LogP contribution in [0.4, 0.5) is 5.69 Å². The van der Waals surface area contributed by atoms with Gasteiger partial charge in [0.05, 0.1) is 16.6 Å². The van der Waals surface area contributed by atoms with Gasteiger partial charge in [-0.05, 0) is 24.3 Å². The number of thiophene rings is 1. The molecule has 1 aromatic carbocycles. The number of aromatic nitrogens is 3. The first kappa shape index (κ1) is 15.4. The van der Waals surface area contributed by atoms with Crippen LogP contribution in [0.3, 0.4) is 0 Å². The lowest BCUT2D eigenvalue weighted by Gasteiger charge is -2.12. The van der Waals surface area contributed by atoms with Crippen LogP contribution in [0.25, 0.3) is 26.0 Å². The molecule has 8 heteroatoms. The first-order chi connectivity index (χ1) is 12.0. The predicted octanol–water partition coefficient (Wildman–Crippen LogP) is 2.01. The fourth-order valence-corrected chi connectivity index (χ4v) is 3.91. The quantitative estimate of drug-likeness (QED) is 0.440. The first-order valence-corrected chi connectivity index (χ1v) is 8.31. The fraction of sp³-hybridized carbons (Fsp3) is 0.118. The van der Waals surface area contributed by atoms with Crippen molar-refractivity contribution in [2.45, 2.75) is 0 Å². The maximum atomic E-state index is 12.9. The maximum Gasteiger partial charge on any atom is 0.275 e. The first-order valence-electron chi connectivity index (χ1n) is 7.49. The van der Waals surface area contributed by atoms with Crippen molar-refractivity contribution in [1.29, 1.82) is 0 Å². The van der Waals surface area contributed by atoms with Gasteiger partial charge in [-0.3, -0.25) is 9.36 Å². The third-order valence-corrected chi connectivity index (χ3v) is 5.09. The molecule has 0 spiro atoms. The van der Waals surface area contributed by atoms with Gasteiger partial charge in [0.15, 0.2) is 6.20 Å². The van der Waals surface area contributed by atoms with E-state index in [0.717, 1.165) is 10.1 Å². The van der Waals surface area contributed by atoms with E-state index in [1.807, 2.05) is 19.0 Å². The van der Waals surface area contributed by atoms with Gasteiger partial charge in [-0.15, -0.1) is 11.3 Å². The summed E-state index contributed by atoms with van der Waals surface area (Å²) in [7, 11) is 3.69. The van der Waals surface area contributed by atoms with Crippen molar-refractivity contribution >= 4 is 37.3 Å². The van der Waals surface area contributed by atoms with Gasteiger partial charge < -0.3 is 15.2 Å². The minimum Gasteiger partial charge on any atom is -0.619 e. The Balaban J connectivity index is 2.05. The summed E-state index contributed by atoms with van der Waals surface area (Å²) in [5.41, 5.74) is 1.71. The number of aromatic hydroxyl groups is 1. The Kier molecular flexibility index (Phi) is 3.36. The number of fused-ring (bicyclic) bond motifs is 3. The van der Waals surface area contributed by atoms with Gasteiger partial charge in [0.1, 0.15) is 27.2 Å². The summed E-state index contributed by atoms with van der Waals surface area (Å²) in [4.78, 5) is 19.2. The molecule has 7 nitrogen and oxygen atoms in total. The van der Waals surface area contributed by atoms with Crippen LogP contribution >= 0.6 is 11.3 Å². The molecule has 0 atom stereocenters. The van der Waals surface area contributed by atoms with Crippen molar-refractivity contribution in [3.8, 4) is 11.4 Å². The van der Waals surface area contributed by atoms with E-state index in [-0.39, 0.29) is 11.3 Å². The number of rotatable bonds is 2. The lowest BCUT2D eigenvalue weighted by Crippen LogP contribution is -2.26. The number of phenols is 1. The summed E-state index contributed by atoms with van der Waals surface area (Å²) in [5.74, 6) is 0.128. The van der Waals surface area contributed by atoms with E-state index >= 15 is 0 Å². The van der Waals surface area contributed by atoms with E-state index < -0.39 is 0 Å². The van der Waals surface area contributed by atoms with Crippen LogP contribution in [0.1, 0.15) is 0 Å². The average molecular weight is 354 g/mol. The summed E-state index contributed by atoms with van der Waals surface area (Å²) in [5, 5.41) is 22.1. The van der Waals surface area contributed by atoms with Crippen molar-refractivity contribution in [3.05, 3.63) is 58.5 Å². The van der Waals surface area contributed by atoms with E-state index in [4.69, 9.17) is 0 Å². The van der Waals surface area contributed by atoms with Crippen LogP contribution in [-0.2, 0) is 0 Å². The normalized spacial score (nSPS) is 11.3. The van der Waals surface area contributed by atoms with Gasteiger partial charge in [0, 0.05) is 14.1 Å². The zero-order valence-electron chi connectivity index (χ0n) is 13.5. The Labute approximate surface area is 146 Å². The number of hydrogen-bond acceptors (Lipinski definition) is 6. The van der Waals surface area contributed by atoms with Crippen LogP contribution in [-0.4, -0.2) is 28.8 Å². The largest absolute Gasteiger partial charge is 0.619 e. The van der Waals surface area contributed by atoms with E-state index in [2.05, 4.69) is 4.98 Å². The van der Waals surface area contributed by atoms with Crippen molar-refractivity contribution in [2.24, 2.45) is 0 Å². The standard InChI is InChI=1S/C17H14N4O3S/c1-19(2)12-7-20(24)8-13-14(12)15-16(25-13)17(23)21(9-18-15)10-3-5-11(22)6-4-10/h3-9,22H,1-2H3.